The molecular weight excluding hydrogens is 338 g/mol. The number of carboxylic acid groups (broad SMARTS) is 1. The Balaban J connectivity index is 1.89. The van der Waals surface area contributed by atoms with E-state index in [4.69, 9.17) is 9.84 Å². The van der Waals surface area contributed by atoms with Crippen LogP contribution in [0.1, 0.15) is 18.9 Å². The van der Waals surface area contributed by atoms with Gasteiger partial charge in [-0.2, -0.15) is 0 Å². The molecule has 2 aliphatic heterocycles. The van der Waals surface area contributed by atoms with E-state index in [1.54, 1.807) is 12.1 Å². The molecular formula is C19H15NO6. The van der Waals surface area contributed by atoms with Crippen molar-refractivity contribution < 1.29 is 29.0 Å². The quantitative estimate of drug-likeness (QED) is 0.492. The Bertz CT molecular complexity index is 928. The van der Waals surface area contributed by atoms with E-state index < -0.39 is 41.7 Å². The highest BCUT2D eigenvalue weighted by Gasteiger charge is 2.57. The first-order valence-electron chi connectivity index (χ1n) is 8.19. The van der Waals surface area contributed by atoms with Gasteiger partial charge in [0.05, 0.1) is 23.6 Å². The average Bonchev–Trinajstić information content (AvgIpc) is 3.08. The number of carboxylic acids is 1. The monoisotopic (exact) mass is 353 g/mol. The summed E-state index contributed by atoms with van der Waals surface area (Å²) < 4.78 is 4.84. The molecule has 1 aromatic carbocycles. The van der Waals surface area contributed by atoms with Gasteiger partial charge in [-0.05, 0) is 25.0 Å². The third kappa shape index (κ3) is 2.20. The predicted molar refractivity (Wildman–Crippen MR) is 89.8 cm³/mol. The summed E-state index contributed by atoms with van der Waals surface area (Å²) in [6, 6.07) is 6.54. The Kier molecular flexibility index (Phi) is 3.54. The number of anilines is 1. The summed E-state index contributed by atoms with van der Waals surface area (Å²) in [5.41, 5.74) is 3.18. The number of amides is 1. The van der Waals surface area contributed by atoms with Crippen molar-refractivity contribution in [1.29, 1.82) is 0 Å². The minimum Gasteiger partial charge on any atom is -0.478 e. The van der Waals surface area contributed by atoms with Crippen LogP contribution in [0, 0.1) is 11.8 Å². The summed E-state index contributed by atoms with van der Waals surface area (Å²) in [6.45, 7) is 1.88. The van der Waals surface area contributed by atoms with Crippen LogP contribution in [0.25, 0.3) is 5.57 Å². The van der Waals surface area contributed by atoms with Crippen molar-refractivity contribution in [2.45, 2.75) is 19.4 Å². The van der Waals surface area contributed by atoms with E-state index in [1.807, 2.05) is 19.1 Å². The Morgan fingerprint density at radius 1 is 1.19 bits per heavy atom. The summed E-state index contributed by atoms with van der Waals surface area (Å²) in [5, 5.41) is 8.82. The number of carbonyl (C=O) groups is 4. The largest absolute Gasteiger partial charge is 0.478 e. The molecule has 2 heterocycles. The maximum atomic E-state index is 12.8. The van der Waals surface area contributed by atoms with Crippen LogP contribution in [0.2, 0.25) is 0 Å². The normalized spacial score (nSPS) is 26.7. The van der Waals surface area contributed by atoms with Gasteiger partial charge in [-0.25, -0.2) is 4.79 Å². The number of fused-ring (bicyclic) bond motifs is 5. The standard InChI is InChI=1S/C19H15NO6/c1-9-8-11-16(19(25)26-18(11)24)17-15(9)10-4-2-3-5-12(10)20(17)13(21)6-7-14(22)23/h2-7,11,16-17H,8H2,1H3,(H,22,23)/b7-6+/t11-,16+,17+/m1/s1. The number of nitrogens with zero attached hydrogens (tertiary/aromatic N) is 1. The van der Waals surface area contributed by atoms with Crippen LogP contribution >= 0.6 is 0 Å². The van der Waals surface area contributed by atoms with Crippen LogP contribution in [0.15, 0.2) is 42.0 Å². The lowest BCUT2D eigenvalue weighted by molar-refractivity contribution is -0.153. The second kappa shape index (κ2) is 5.66. The number of benzene rings is 1. The third-order valence-corrected chi connectivity index (χ3v) is 5.17. The van der Waals surface area contributed by atoms with E-state index in [-0.39, 0.29) is 0 Å². The fourth-order valence-electron chi connectivity index (χ4n) is 4.20. The molecule has 0 unspecified atom stereocenters. The third-order valence-electron chi connectivity index (χ3n) is 5.17. The molecule has 1 aromatic rings. The molecule has 1 N–H and O–H groups in total. The molecule has 7 heteroatoms. The second-order valence-electron chi connectivity index (χ2n) is 6.61. The van der Waals surface area contributed by atoms with Gasteiger partial charge in [0.1, 0.15) is 0 Å². The van der Waals surface area contributed by atoms with Gasteiger partial charge in [-0.15, -0.1) is 0 Å². The van der Waals surface area contributed by atoms with Crippen LogP contribution in [0.3, 0.4) is 0 Å². The van der Waals surface area contributed by atoms with Gasteiger partial charge in [0, 0.05) is 17.7 Å². The number of allylic oxidation sites excluding steroid dienone is 1. The van der Waals surface area contributed by atoms with Crippen LogP contribution < -0.4 is 4.90 Å². The molecule has 26 heavy (non-hydrogen) atoms. The highest BCUT2D eigenvalue weighted by molar-refractivity contribution is 6.13. The number of hydrogen-bond acceptors (Lipinski definition) is 5. The molecule has 0 aromatic heterocycles. The number of carbonyl (C=O) groups excluding carboxylic acids is 3. The molecule has 3 aliphatic rings. The molecule has 0 spiro atoms. The predicted octanol–water partition coefficient (Wildman–Crippen LogP) is 1.54. The van der Waals surface area contributed by atoms with E-state index in [0.29, 0.717) is 12.1 Å². The van der Waals surface area contributed by atoms with Crippen LogP contribution in [-0.2, 0) is 23.9 Å². The molecule has 0 bridgehead atoms. The van der Waals surface area contributed by atoms with E-state index in [0.717, 1.165) is 28.9 Å². The number of cyclic esters (lactones) is 2. The molecule has 1 amide bonds. The van der Waals surface area contributed by atoms with Crippen molar-refractivity contribution in [3.8, 4) is 0 Å². The molecule has 132 valence electrons. The van der Waals surface area contributed by atoms with Gasteiger partial charge in [-0.3, -0.25) is 19.3 Å². The van der Waals surface area contributed by atoms with E-state index >= 15 is 0 Å². The zero-order chi connectivity index (χ0) is 18.6. The van der Waals surface area contributed by atoms with Gasteiger partial charge in [0.15, 0.2) is 0 Å². The molecule has 7 nitrogen and oxygen atoms in total. The van der Waals surface area contributed by atoms with Gasteiger partial charge in [0.25, 0.3) is 5.91 Å². The van der Waals surface area contributed by atoms with Crippen molar-refractivity contribution in [3.63, 3.8) is 0 Å². The highest BCUT2D eigenvalue weighted by atomic mass is 16.6. The first-order valence-corrected chi connectivity index (χ1v) is 8.19. The van der Waals surface area contributed by atoms with Gasteiger partial charge in [-0.1, -0.05) is 23.8 Å². The van der Waals surface area contributed by atoms with Crippen molar-refractivity contribution in [2.24, 2.45) is 11.8 Å². The molecule has 3 atom stereocenters. The fourth-order valence-corrected chi connectivity index (χ4v) is 4.20. The van der Waals surface area contributed by atoms with Crippen molar-refractivity contribution >= 4 is 35.1 Å². The molecule has 1 aliphatic carbocycles. The van der Waals surface area contributed by atoms with E-state index in [1.165, 1.54) is 4.90 Å². The first-order chi connectivity index (χ1) is 12.4. The fraction of sp³-hybridized carbons (Fsp3) is 0.263. The summed E-state index contributed by atoms with van der Waals surface area (Å²) in [5.74, 6) is -4.40. The SMILES string of the molecule is CC1=C2c3ccccc3N(C(=O)/C=C/C(=O)O)[C@@H]2[C@H]2C(=O)OC(=O)[C@@H]2C1. The average molecular weight is 353 g/mol. The van der Waals surface area contributed by atoms with Crippen molar-refractivity contribution in [3.05, 3.63) is 47.6 Å². The highest BCUT2D eigenvalue weighted by Crippen LogP contribution is 2.52. The van der Waals surface area contributed by atoms with Gasteiger partial charge >= 0.3 is 17.9 Å². The molecule has 4 rings (SSSR count). The lowest BCUT2D eigenvalue weighted by atomic mass is 9.73. The van der Waals surface area contributed by atoms with Crippen molar-refractivity contribution in [1.82, 2.24) is 0 Å². The number of aliphatic carboxylic acids is 1. The number of esters is 2. The summed E-state index contributed by atoms with van der Waals surface area (Å²) in [6.07, 6.45) is 2.13. The van der Waals surface area contributed by atoms with E-state index in [9.17, 15) is 19.2 Å². The van der Waals surface area contributed by atoms with Gasteiger partial charge in [0.2, 0.25) is 0 Å². The zero-order valence-corrected chi connectivity index (χ0v) is 13.8. The van der Waals surface area contributed by atoms with Gasteiger partial charge < -0.3 is 9.84 Å². The van der Waals surface area contributed by atoms with Crippen LogP contribution in [0.4, 0.5) is 5.69 Å². The lowest BCUT2D eigenvalue weighted by Gasteiger charge is -2.34. The van der Waals surface area contributed by atoms with E-state index in [2.05, 4.69) is 0 Å². The minimum atomic E-state index is -1.24. The lowest BCUT2D eigenvalue weighted by Crippen LogP contribution is -2.47. The molecule has 1 saturated heterocycles. The Labute approximate surface area is 148 Å². The molecule has 1 fully saturated rings. The van der Waals surface area contributed by atoms with Crippen LogP contribution in [0.5, 0.6) is 0 Å². The maximum Gasteiger partial charge on any atom is 0.328 e. The topological polar surface area (TPSA) is 101 Å². The second-order valence-corrected chi connectivity index (χ2v) is 6.61. The number of ether oxygens (including phenoxy) is 1. The Morgan fingerprint density at radius 2 is 1.92 bits per heavy atom. The summed E-state index contributed by atoms with van der Waals surface area (Å²) in [4.78, 5) is 49.4. The van der Waals surface area contributed by atoms with Crippen LogP contribution in [-0.4, -0.2) is 35.0 Å². The first kappa shape index (κ1) is 16.3. The minimum absolute atomic E-state index is 0.405. The Hall–Kier alpha value is -3.22. The zero-order valence-electron chi connectivity index (χ0n) is 13.8. The number of hydrogen-bond donors (Lipinski definition) is 1. The Morgan fingerprint density at radius 3 is 2.65 bits per heavy atom. The summed E-state index contributed by atoms with van der Waals surface area (Å²) in [7, 11) is 0. The smallest absolute Gasteiger partial charge is 0.328 e. The maximum absolute atomic E-state index is 12.8. The number of rotatable bonds is 2. The molecule has 0 saturated carbocycles. The molecule has 0 radical (unpaired) electrons. The number of para-hydroxylation sites is 1. The van der Waals surface area contributed by atoms with Crippen molar-refractivity contribution in [2.75, 3.05) is 4.90 Å². The summed E-state index contributed by atoms with van der Waals surface area (Å²) >= 11 is 0.